The van der Waals surface area contributed by atoms with Crippen LogP contribution in [0.15, 0.2) is 71.8 Å². The SMILES string of the molecule is CCCCCCCCOc1ccc(-c2nc(C3=C(C)CC=C(C)C=C3)nc(-c3ccc(C)cc3C)n2)cc1. The average molecular weight is 508 g/mol. The van der Waals surface area contributed by atoms with Gasteiger partial charge >= 0.3 is 0 Å². The second-order valence-corrected chi connectivity index (χ2v) is 10.4. The monoisotopic (exact) mass is 507 g/mol. The second kappa shape index (κ2) is 13.3. The summed E-state index contributed by atoms with van der Waals surface area (Å²) < 4.78 is 6.00. The van der Waals surface area contributed by atoms with Crippen LogP contribution in [0.1, 0.15) is 82.7 Å². The van der Waals surface area contributed by atoms with Crippen molar-refractivity contribution < 1.29 is 4.74 Å². The summed E-state index contributed by atoms with van der Waals surface area (Å²) in [5.41, 5.74) is 7.93. The molecule has 4 heteroatoms. The lowest BCUT2D eigenvalue weighted by Gasteiger charge is -2.12. The van der Waals surface area contributed by atoms with Gasteiger partial charge in [0.2, 0.25) is 0 Å². The van der Waals surface area contributed by atoms with E-state index < -0.39 is 0 Å². The van der Waals surface area contributed by atoms with Gasteiger partial charge in [0.25, 0.3) is 0 Å². The molecule has 0 saturated carbocycles. The second-order valence-electron chi connectivity index (χ2n) is 10.4. The van der Waals surface area contributed by atoms with Crippen molar-refractivity contribution in [3.63, 3.8) is 0 Å². The van der Waals surface area contributed by atoms with Gasteiger partial charge in [-0.25, -0.2) is 15.0 Å². The Bertz CT molecular complexity index is 1330. The first-order valence-corrected chi connectivity index (χ1v) is 14.1. The zero-order valence-corrected chi connectivity index (χ0v) is 23.7. The molecule has 4 nitrogen and oxygen atoms in total. The van der Waals surface area contributed by atoms with E-state index in [1.807, 2.05) is 12.1 Å². The Kier molecular flexibility index (Phi) is 9.64. The molecule has 4 rings (SSSR count). The molecule has 0 atom stereocenters. The van der Waals surface area contributed by atoms with E-state index in [1.54, 1.807) is 0 Å². The molecule has 1 aromatic heterocycles. The van der Waals surface area contributed by atoms with Crippen LogP contribution in [0, 0.1) is 13.8 Å². The molecule has 0 bridgehead atoms. The van der Waals surface area contributed by atoms with E-state index in [-0.39, 0.29) is 0 Å². The zero-order valence-electron chi connectivity index (χ0n) is 23.7. The number of ether oxygens (including phenoxy) is 1. The maximum atomic E-state index is 6.00. The molecular formula is C34H41N3O. The fraction of sp³-hybridized carbons (Fsp3) is 0.382. The first kappa shape index (κ1) is 27.5. The van der Waals surface area contributed by atoms with Crippen LogP contribution in [0.5, 0.6) is 5.75 Å². The number of aromatic nitrogens is 3. The van der Waals surface area contributed by atoms with Gasteiger partial charge < -0.3 is 4.74 Å². The molecular weight excluding hydrogens is 466 g/mol. The first-order valence-electron chi connectivity index (χ1n) is 14.1. The summed E-state index contributed by atoms with van der Waals surface area (Å²) in [7, 11) is 0. The van der Waals surface area contributed by atoms with Crippen LogP contribution in [0.2, 0.25) is 0 Å². The van der Waals surface area contributed by atoms with Crippen LogP contribution in [0.25, 0.3) is 28.3 Å². The molecule has 38 heavy (non-hydrogen) atoms. The number of hydrogen-bond acceptors (Lipinski definition) is 4. The maximum absolute atomic E-state index is 6.00. The van der Waals surface area contributed by atoms with Crippen molar-refractivity contribution >= 4 is 5.57 Å². The predicted molar refractivity (Wildman–Crippen MR) is 159 cm³/mol. The van der Waals surface area contributed by atoms with E-state index in [4.69, 9.17) is 19.7 Å². The third-order valence-corrected chi connectivity index (χ3v) is 7.08. The molecule has 198 valence electrons. The summed E-state index contributed by atoms with van der Waals surface area (Å²) in [5.74, 6) is 2.98. The average Bonchev–Trinajstić information content (AvgIpc) is 3.08. The summed E-state index contributed by atoms with van der Waals surface area (Å²) in [6.45, 7) is 11.5. The highest BCUT2D eigenvalue weighted by atomic mass is 16.5. The van der Waals surface area contributed by atoms with E-state index in [9.17, 15) is 0 Å². The van der Waals surface area contributed by atoms with Crippen LogP contribution >= 0.6 is 0 Å². The Morgan fingerprint density at radius 1 is 0.737 bits per heavy atom. The molecule has 0 saturated heterocycles. The molecule has 1 aliphatic rings. The van der Waals surface area contributed by atoms with Crippen LogP contribution < -0.4 is 4.74 Å². The van der Waals surface area contributed by atoms with Crippen molar-refractivity contribution in [1.82, 2.24) is 15.0 Å². The van der Waals surface area contributed by atoms with Crippen molar-refractivity contribution in [2.75, 3.05) is 6.61 Å². The van der Waals surface area contributed by atoms with Crippen molar-refractivity contribution in [3.05, 3.63) is 88.8 Å². The van der Waals surface area contributed by atoms with E-state index in [0.29, 0.717) is 17.5 Å². The first-order chi connectivity index (χ1) is 18.4. The Hall–Kier alpha value is -3.53. The van der Waals surface area contributed by atoms with Crippen LogP contribution in [-0.4, -0.2) is 21.6 Å². The lowest BCUT2D eigenvalue weighted by atomic mass is 10.0. The van der Waals surface area contributed by atoms with E-state index in [1.165, 1.54) is 48.8 Å². The van der Waals surface area contributed by atoms with Gasteiger partial charge in [0.05, 0.1) is 6.61 Å². The number of allylic oxidation sites excluding steroid dienone is 6. The van der Waals surface area contributed by atoms with Crippen molar-refractivity contribution in [2.24, 2.45) is 0 Å². The van der Waals surface area contributed by atoms with Crippen molar-refractivity contribution in [2.45, 2.75) is 79.6 Å². The minimum absolute atomic E-state index is 0.676. The highest BCUT2D eigenvalue weighted by molar-refractivity contribution is 5.76. The highest BCUT2D eigenvalue weighted by Gasteiger charge is 2.16. The highest BCUT2D eigenvalue weighted by Crippen LogP contribution is 2.29. The van der Waals surface area contributed by atoms with Crippen molar-refractivity contribution in [3.8, 4) is 28.5 Å². The Labute approximate surface area is 228 Å². The van der Waals surface area contributed by atoms with Gasteiger partial charge in [-0.1, -0.05) is 92.2 Å². The molecule has 0 aliphatic heterocycles. The predicted octanol–water partition coefficient (Wildman–Crippen LogP) is 9.24. The lowest BCUT2D eigenvalue weighted by Crippen LogP contribution is -2.04. The minimum atomic E-state index is 0.676. The number of nitrogens with zero attached hydrogens (tertiary/aromatic N) is 3. The molecule has 0 N–H and O–H groups in total. The van der Waals surface area contributed by atoms with Crippen LogP contribution in [0.4, 0.5) is 0 Å². The number of unbranched alkanes of at least 4 members (excludes halogenated alkanes) is 5. The standard InChI is InChI=1S/C34H41N3O/c1-6-7-8-9-10-11-22-38-29-18-16-28(17-19-29)32-35-33(30-20-13-24(2)12-15-26(30)4)37-34(36-32)31-21-14-25(3)23-27(31)5/h12-14,16-21,23H,6-11,15,22H2,1-5H3. The smallest absolute Gasteiger partial charge is 0.164 e. The topological polar surface area (TPSA) is 47.9 Å². The van der Waals surface area contributed by atoms with Gasteiger partial charge in [-0.3, -0.25) is 0 Å². The number of benzene rings is 2. The van der Waals surface area contributed by atoms with E-state index in [0.717, 1.165) is 47.5 Å². The molecule has 0 unspecified atom stereocenters. The van der Waals surface area contributed by atoms with Gasteiger partial charge in [-0.05, 0) is 70.4 Å². The summed E-state index contributed by atoms with van der Waals surface area (Å²) in [6, 6.07) is 14.6. The molecule has 2 aromatic carbocycles. The molecule has 0 fully saturated rings. The summed E-state index contributed by atoms with van der Waals surface area (Å²) in [5, 5.41) is 0. The third-order valence-electron chi connectivity index (χ3n) is 7.08. The molecule has 0 spiro atoms. The summed E-state index contributed by atoms with van der Waals surface area (Å²) in [6.07, 6.45) is 15.0. The Balaban J connectivity index is 1.61. The number of aryl methyl sites for hydroxylation is 2. The largest absolute Gasteiger partial charge is 0.494 e. The van der Waals surface area contributed by atoms with Gasteiger partial charge in [0, 0.05) is 16.7 Å². The minimum Gasteiger partial charge on any atom is -0.494 e. The van der Waals surface area contributed by atoms with E-state index in [2.05, 4.69) is 83.2 Å². The van der Waals surface area contributed by atoms with Gasteiger partial charge in [0.15, 0.2) is 17.5 Å². The van der Waals surface area contributed by atoms with Gasteiger partial charge in [0.1, 0.15) is 5.75 Å². The third kappa shape index (κ3) is 7.28. The normalized spacial score (nSPS) is 13.4. The molecule has 0 radical (unpaired) electrons. The summed E-state index contributed by atoms with van der Waals surface area (Å²) >= 11 is 0. The Morgan fingerprint density at radius 3 is 2.21 bits per heavy atom. The fourth-order valence-corrected chi connectivity index (χ4v) is 4.70. The molecule has 1 aliphatic carbocycles. The number of hydrogen-bond donors (Lipinski definition) is 0. The number of rotatable bonds is 11. The Morgan fingerprint density at radius 2 is 1.45 bits per heavy atom. The summed E-state index contributed by atoms with van der Waals surface area (Å²) in [4.78, 5) is 14.9. The maximum Gasteiger partial charge on any atom is 0.164 e. The quantitative estimate of drug-likeness (QED) is 0.243. The van der Waals surface area contributed by atoms with Crippen LogP contribution in [-0.2, 0) is 0 Å². The zero-order chi connectivity index (χ0) is 26.9. The molecule has 3 aromatic rings. The molecule has 0 amide bonds. The van der Waals surface area contributed by atoms with Crippen LogP contribution in [0.3, 0.4) is 0 Å². The van der Waals surface area contributed by atoms with Crippen molar-refractivity contribution in [1.29, 1.82) is 0 Å². The van der Waals surface area contributed by atoms with Gasteiger partial charge in [-0.15, -0.1) is 0 Å². The van der Waals surface area contributed by atoms with E-state index >= 15 is 0 Å². The fourth-order valence-electron chi connectivity index (χ4n) is 4.70. The molecule has 1 heterocycles. The lowest BCUT2D eigenvalue weighted by molar-refractivity contribution is 0.304. The van der Waals surface area contributed by atoms with Gasteiger partial charge in [-0.2, -0.15) is 0 Å².